The summed E-state index contributed by atoms with van der Waals surface area (Å²) in [5, 5.41) is 11.9. The highest BCUT2D eigenvalue weighted by atomic mass is 16.5. The molecule has 1 saturated carbocycles. The van der Waals surface area contributed by atoms with Crippen LogP contribution < -0.4 is 15.0 Å². The first-order valence-corrected chi connectivity index (χ1v) is 10.4. The summed E-state index contributed by atoms with van der Waals surface area (Å²) in [6.07, 6.45) is 5.00. The van der Waals surface area contributed by atoms with Gasteiger partial charge in [-0.1, -0.05) is 30.3 Å². The first kappa shape index (κ1) is 20.0. The van der Waals surface area contributed by atoms with Crippen molar-refractivity contribution in [3.8, 4) is 28.3 Å². The quantitative estimate of drug-likeness (QED) is 0.652. The summed E-state index contributed by atoms with van der Waals surface area (Å²) in [6.45, 7) is -0.0511. The molecule has 0 bridgehead atoms. The number of hydrogen-bond donors (Lipinski definition) is 2. The lowest BCUT2D eigenvalue weighted by molar-refractivity contribution is -0.121. The molecule has 32 heavy (non-hydrogen) atoms. The Morgan fingerprint density at radius 2 is 1.97 bits per heavy atom. The van der Waals surface area contributed by atoms with Gasteiger partial charge in [0.2, 0.25) is 5.88 Å². The van der Waals surface area contributed by atoms with Gasteiger partial charge in [0.25, 0.3) is 5.91 Å². The van der Waals surface area contributed by atoms with Crippen molar-refractivity contribution in [2.45, 2.75) is 24.8 Å². The molecule has 3 aromatic rings. The number of amides is 2. The number of carbonyl (C=O) groups is 2. The van der Waals surface area contributed by atoms with Gasteiger partial charge in [0.15, 0.2) is 6.61 Å². The molecule has 0 saturated heterocycles. The molecular weight excluding hydrogens is 408 g/mol. The molecule has 1 aliphatic carbocycles. The molecule has 2 aromatic heterocycles. The zero-order valence-corrected chi connectivity index (χ0v) is 17.5. The van der Waals surface area contributed by atoms with Crippen LogP contribution in [0.5, 0.6) is 5.88 Å². The maximum absolute atomic E-state index is 12.1. The van der Waals surface area contributed by atoms with E-state index >= 15 is 0 Å². The van der Waals surface area contributed by atoms with Gasteiger partial charge in [-0.2, -0.15) is 0 Å². The normalized spacial score (nSPS) is 16.5. The Bertz CT molecular complexity index is 1190. The molecule has 2 amide bonds. The van der Waals surface area contributed by atoms with Crippen LogP contribution in [0.1, 0.15) is 24.8 Å². The first-order chi connectivity index (χ1) is 15.5. The first-order valence-electron chi connectivity index (χ1n) is 10.4. The van der Waals surface area contributed by atoms with E-state index < -0.39 is 11.6 Å². The number of carbonyl (C=O) groups excluding carboxylic acids is 1. The minimum Gasteiger partial charge on any atom is -0.466 e. The highest BCUT2D eigenvalue weighted by Gasteiger charge is 2.40. The standard InChI is InChI=1S/C24H22N4O4/c1-28-19-12-18(16-4-2-11-25-13-16)21(26-22(19)32-14-20(28)29)15-5-7-17(8-6-15)24(9-3-10-24)27-23(30)31/h2,4-8,11-13,27H,3,9-10,14H2,1H3,(H,30,31). The summed E-state index contributed by atoms with van der Waals surface area (Å²) in [5.41, 5.74) is 4.31. The Labute approximate surface area is 184 Å². The molecule has 0 atom stereocenters. The van der Waals surface area contributed by atoms with Gasteiger partial charge in [0, 0.05) is 36.1 Å². The van der Waals surface area contributed by atoms with E-state index in [1.165, 1.54) is 0 Å². The number of rotatable bonds is 4. The van der Waals surface area contributed by atoms with Crippen LogP contribution in [-0.4, -0.2) is 40.7 Å². The monoisotopic (exact) mass is 430 g/mol. The summed E-state index contributed by atoms with van der Waals surface area (Å²) in [4.78, 5) is 34.0. The van der Waals surface area contributed by atoms with Crippen LogP contribution in [0.3, 0.4) is 0 Å². The Morgan fingerprint density at radius 1 is 1.19 bits per heavy atom. The SMILES string of the molecule is CN1C(=O)COc2nc(-c3ccc(C4(NC(=O)O)CCC4)cc3)c(-c3cccnc3)cc21. The van der Waals surface area contributed by atoms with Crippen LogP contribution in [0.15, 0.2) is 54.9 Å². The second-order valence-electron chi connectivity index (χ2n) is 8.14. The van der Waals surface area contributed by atoms with E-state index in [9.17, 15) is 14.7 Å². The molecule has 1 fully saturated rings. The van der Waals surface area contributed by atoms with Crippen molar-refractivity contribution in [2.75, 3.05) is 18.6 Å². The molecule has 2 aliphatic rings. The Balaban J connectivity index is 1.60. The van der Waals surface area contributed by atoms with Gasteiger partial charge in [-0.05, 0) is 37.0 Å². The Morgan fingerprint density at radius 3 is 2.59 bits per heavy atom. The average Bonchev–Trinajstić information content (AvgIpc) is 2.79. The minimum absolute atomic E-state index is 0.0511. The number of fused-ring (bicyclic) bond motifs is 1. The van der Waals surface area contributed by atoms with Gasteiger partial charge in [0.1, 0.15) is 5.69 Å². The van der Waals surface area contributed by atoms with E-state index in [0.717, 1.165) is 41.5 Å². The van der Waals surface area contributed by atoms with Crippen molar-refractivity contribution < 1.29 is 19.4 Å². The smallest absolute Gasteiger partial charge is 0.405 e. The zero-order valence-electron chi connectivity index (χ0n) is 17.5. The number of benzene rings is 1. The maximum atomic E-state index is 12.1. The van der Waals surface area contributed by atoms with Crippen LogP contribution in [0.2, 0.25) is 0 Å². The fraction of sp³-hybridized carbons (Fsp3) is 0.250. The van der Waals surface area contributed by atoms with Crippen molar-refractivity contribution in [2.24, 2.45) is 0 Å². The Kier molecular flexibility index (Phi) is 4.77. The number of pyridine rings is 2. The number of aromatic nitrogens is 2. The van der Waals surface area contributed by atoms with E-state index in [-0.39, 0.29) is 12.5 Å². The van der Waals surface area contributed by atoms with Gasteiger partial charge in [0.05, 0.1) is 11.2 Å². The number of nitrogens with one attached hydrogen (secondary N) is 1. The summed E-state index contributed by atoms with van der Waals surface area (Å²) < 4.78 is 5.61. The molecule has 8 heteroatoms. The fourth-order valence-corrected chi connectivity index (χ4v) is 4.32. The van der Waals surface area contributed by atoms with Crippen molar-refractivity contribution in [1.82, 2.24) is 15.3 Å². The third kappa shape index (κ3) is 3.33. The molecular formula is C24H22N4O4. The fourth-order valence-electron chi connectivity index (χ4n) is 4.32. The Hall–Kier alpha value is -3.94. The van der Waals surface area contributed by atoms with Crippen LogP contribution in [0.4, 0.5) is 10.5 Å². The molecule has 0 unspecified atom stereocenters. The number of ether oxygens (including phenoxy) is 1. The van der Waals surface area contributed by atoms with Crippen molar-refractivity contribution in [3.05, 3.63) is 60.4 Å². The topological polar surface area (TPSA) is 105 Å². The molecule has 1 aromatic carbocycles. The molecule has 162 valence electrons. The number of hydrogen-bond acceptors (Lipinski definition) is 5. The summed E-state index contributed by atoms with van der Waals surface area (Å²) in [6, 6.07) is 13.5. The highest BCUT2D eigenvalue weighted by molar-refractivity contribution is 5.98. The summed E-state index contributed by atoms with van der Waals surface area (Å²) in [7, 11) is 1.71. The number of carboxylic acid groups (broad SMARTS) is 1. The lowest BCUT2D eigenvalue weighted by Gasteiger charge is -2.42. The zero-order chi connectivity index (χ0) is 22.3. The third-order valence-electron chi connectivity index (χ3n) is 6.27. The number of nitrogens with zero attached hydrogens (tertiary/aromatic N) is 3. The third-order valence-corrected chi connectivity index (χ3v) is 6.27. The maximum Gasteiger partial charge on any atom is 0.405 e. The van der Waals surface area contributed by atoms with Gasteiger partial charge in [-0.3, -0.25) is 9.78 Å². The summed E-state index contributed by atoms with van der Waals surface area (Å²) >= 11 is 0. The largest absolute Gasteiger partial charge is 0.466 e. The van der Waals surface area contributed by atoms with Gasteiger partial charge in [-0.15, -0.1) is 0 Å². The molecule has 8 nitrogen and oxygen atoms in total. The molecule has 0 spiro atoms. The van der Waals surface area contributed by atoms with Gasteiger partial charge < -0.3 is 20.1 Å². The molecule has 2 N–H and O–H groups in total. The second-order valence-corrected chi connectivity index (χ2v) is 8.14. The van der Waals surface area contributed by atoms with Crippen LogP contribution >= 0.6 is 0 Å². The molecule has 0 radical (unpaired) electrons. The minimum atomic E-state index is -1.01. The number of anilines is 1. The van der Waals surface area contributed by atoms with Crippen LogP contribution in [-0.2, 0) is 10.3 Å². The van der Waals surface area contributed by atoms with E-state index in [1.54, 1.807) is 24.3 Å². The van der Waals surface area contributed by atoms with Crippen molar-refractivity contribution >= 4 is 17.7 Å². The molecule has 1 aliphatic heterocycles. The molecule has 3 heterocycles. The van der Waals surface area contributed by atoms with Crippen molar-refractivity contribution in [1.29, 1.82) is 0 Å². The van der Waals surface area contributed by atoms with E-state index in [0.29, 0.717) is 17.3 Å². The second kappa shape index (κ2) is 7.64. The van der Waals surface area contributed by atoms with E-state index in [4.69, 9.17) is 9.72 Å². The predicted octanol–water partition coefficient (Wildman–Crippen LogP) is 3.81. The lowest BCUT2D eigenvalue weighted by Crippen LogP contribution is -2.50. The van der Waals surface area contributed by atoms with Gasteiger partial charge >= 0.3 is 6.09 Å². The summed E-state index contributed by atoms with van der Waals surface area (Å²) in [5.74, 6) is 0.270. The van der Waals surface area contributed by atoms with E-state index in [2.05, 4.69) is 10.3 Å². The predicted molar refractivity (Wildman–Crippen MR) is 118 cm³/mol. The lowest BCUT2D eigenvalue weighted by atomic mass is 9.71. The molecule has 5 rings (SSSR count). The highest BCUT2D eigenvalue weighted by Crippen LogP contribution is 2.43. The van der Waals surface area contributed by atoms with Crippen molar-refractivity contribution in [3.63, 3.8) is 0 Å². The van der Waals surface area contributed by atoms with Crippen LogP contribution in [0, 0.1) is 0 Å². The average molecular weight is 430 g/mol. The van der Waals surface area contributed by atoms with E-state index in [1.807, 2.05) is 42.5 Å². The van der Waals surface area contributed by atoms with Gasteiger partial charge in [-0.25, -0.2) is 9.78 Å². The van der Waals surface area contributed by atoms with Crippen LogP contribution in [0.25, 0.3) is 22.4 Å². The number of likely N-dealkylation sites (N-methyl/N-ethyl adjacent to an activating group) is 1.